The first-order chi connectivity index (χ1) is 14.4. The van der Waals surface area contributed by atoms with Gasteiger partial charge in [-0.2, -0.15) is 0 Å². The van der Waals surface area contributed by atoms with Crippen LogP contribution in [0.2, 0.25) is 0 Å². The summed E-state index contributed by atoms with van der Waals surface area (Å²) in [4.78, 5) is 28.8. The largest absolute Gasteiger partial charge is 0.325 e. The number of anilines is 2. The molecule has 0 radical (unpaired) electrons. The zero-order chi connectivity index (χ0) is 21.5. The molecule has 0 aromatic heterocycles. The van der Waals surface area contributed by atoms with Gasteiger partial charge in [-0.3, -0.25) is 19.4 Å². The monoisotopic (exact) mass is 408 g/mol. The molecule has 2 amide bonds. The Bertz CT molecular complexity index is 873. The third-order valence-corrected chi connectivity index (χ3v) is 5.55. The maximum absolute atomic E-state index is 12.3. The van der Waals surface area contributed by atoms with Gasteiger partial charge in [-0.25, -0.2) is 0 Å². The standard InChI is InChI=1S/C24H32N4O2/c1-18-7-6-8-22(19(18)2)26-24(30)17-27(3)16-23(29)25-21-11-9-20(10-12-21)15-28-13-4-5-14-28/h6-12H,4-5,13-17H2,1-3H3,(H,25,29)(H,26,30). The molecule has 0 saturated carbocycles. The van der Waals surface area contributed by atoms with Gasteiger partial charge in [-0.15, -0.1) is 0 Å². The van der Waals surface area contributed by atoms with E-state index in [0.717, 1.165) is 29.0 Å². The van der Waals surface area contributed by atoms with Crippen LogP contribution in [0.3, 0.4) is 0 Å². The molecular weight excluding hydrogens is 376 g/mol. The van der Waals surface area contributed by atoms with Crippen LogP contribution in [0.1, 0.15) is 29.5 Å². The highest BCUT2D eigenvalue weighted by Crippen LogP contribution is 2.18. The maximum Gasteiger partial charge on any atom is 0.238 e. The molecule has 2 aromatic rings. The van der Waals surface area contributed by atoms with Gasteiger partial charge in [-0.05, 0) is 81.7 Å². The first-order valence-corrected chi connectivity index (χ1v) is 10.6. The molecule has 1 fully saturated rings. The van der Waals surface area contributed by atoms with E-state index < -0.39 is 0 Å². The van der Waals surface area contributed by atoms with Crippen molar-refractivity contribution in [1.29, 1.82) is 0 Å². The summed E-state index contributed by atoms with van der Waals surface area (Å²) in [6.07, 6.45) is 2.56. The van der Waals surface area contributed by atoms with E-state index in [4.69, 9.17) is 0 Å². The van der Waals surface area contributed by atoms with Crippen molar-refractivity contribution in [2.24, 2.45) is 0 Å². The van der Waals surface area contributed by atoms with Crippen LogP contribution in [0.25, 0.3) is 0 Å². The summed E-state index contributed by atoms with van der Waals surface area (Å²) < 4.78 is 0. The lowest BCUT2D eigenvalue weighted by Crippen LogP contribution is -2.36. The number of aryl methyl sites for hydroxylation is 1. The molecule has 160 valence electrons. The van der Waals surface area contributed by atoms with E-state index in [1.807, 2.05) is 44.2 Å². The molecule has 1 saturated heterocycles. The molecule has 6 nitrogen and oxygen atoms in total. The Morgan fingerprint density at radius 1 is 0.933 bits per heavy atom. The minimum atomic E-state index is -0.135. The first-order valence-electron chi connectivity index (χ1n) is 10.6. The number of hydrogen-bond acceptors (Lipinski definition) is 4. The van der Waals surface area contributed by atoms with E-state index >= 15 is 0 Å². The molecule has 0 atom stereocenters. The molecule has 30 heavy (non-hydrogen) atoms. The first kappa shape index (κ1) is 22.0. The van der Waals surface area contributed by atoms with Crippen LogP contribution < -0.4 is 10.6 Å². The number of nitrogens with zero attached hydrogens (tertiary/aromatic N) is 2. The fourth-order valence-corrected chi connectivity index (χ4v) is 3.72. The van der Waals surface area contributed by atoms with Crippen molar-refractivity contribution in [1.82, 2.24) is 9.80 Å². The summed E-state index contributed by atoms with van der Waals surface area (Å²) in [5.41, 5.74) is 5.03. The second kappa shape index (κ2) is 10.4. The van der Waals surface area contributed by atoms with Crippen LogP contribution in [0.4, 0.5) is 11.4 Å². The summed E-state index contributed by atoms with van der Waals surface area (Å²) in [5.74, 6) is -0.269. The number of amides is 2. The molecule has 2 aromatic carbocycles. The predicted octanol–water partition coefficient (Wildman–Crippen LogP) is 3.41. The SMILES string of the molecule is Cc1cccc(NC(=O)CN(C)CC(=O)Nc2ccc(CN3CCCC3)cc2)c1C. The fraction of sp³-hybridized carbons (Fsp3) is 0.417. The van der Waals surface area contributed by atoms with E-state index in [1.165, 1.54) is 31.5 Å². The Labute approximate surface area is 179 Å². The summed E-state index contributed by atoms with van der Waals surface area (Å²) >= 11 is 0. The lowest BCUT2D eigenvalue weighted by Gasteiger charge is -2.17. The van der Waals surface area contributed by atoms with Crippen molar-refractivity contribution in [3.8, 4) is 0 Å². The normalized spacial score (nSPS) is 14.1. The van der Waals surface area contributed by atoms with Gasteiger partial charge in [0.25, 0.3) is 0 Å². The number of rotatable bonds is 8. The van der Waals surface area contributed by atoms with Gasteiger partial charge < -0.3 is 10.6 Å². The van der Waals surface area contributed by atoms with Crippen LogP contribution in [-0.4, -0.2) is 54.8 Å². The number of nitrogens with one attached hydrogen (secondary N) is 2. The highest BCUT2D eigenvalue weighted by molar-refractivity contribution is 5.95. The Kier molecular flexibility index (Phi) is 7.60. The highest BCUT2D eigenvalue weighted by atomic mass is 16.2. The lowest BCUT2D eigenvalue weighted by molar-refractivity contribution is -0.119. The Morgan fingerprint density at radius 3 is 2.23 bits per heavy atom. The van der Waals surface area contributed by atoms with Crippen molar-refractivity contribution >= 4 is 23.2 Å². The van der Waals surface area contributed by atoms with Crippen LogP contribution in [0.5, 0.6) is 0 Å². The van der Waals surface area contributed by atoms with Gasteiger partial charge in [0.1, 0.15) is 0 Å². The van der Waals surface area contributed by atoms with Crippen molar-refractivity contribution in [3.05, 3.63) is 59.2 Å². The van der Waals surface area contributed by atoms with Crippen LogP contribution in [0.15, 0.2) is 42.5 Å². The number of likely N-dealkylation sites (tertiary alicyclic amines) is 1. The van der Waals surface area contributed by atoms with Crippen molar-refractivity contribution < 1.29 is 9.59 Å². The molecule has 6 heteroatoms. The maximum atomic E-state index is 12.3. The zero-order valence-electron chi connectivity index (χ0n) is 18.2. The number of benzene rings is 2. The van der Waals surface area contributed by atoms with Crippen molar-refractivity contribution in [3.63, 3.8) is 0 Å². The molecule has 0 unspecified atom stereocenters. The van der Waals surface area contributed by atoms with Gasteiger partial charge in [-0.1, -0.05) is 24.3 Å². The molecule has 2 N–H and O–H groups in total. The number of likely N-dealkylation sites (N-methyl/N-ethyl adjacent to an activating group) is 1. The van der Waals surface area contributed by atoms with E-state index in [2.05, 4.69) is 27.7 Å². The van der Waals surface area contributed by atoms with Crippen LogP contribution in [-0.2, 0) is 16.1 Å². The van der Waals surface area contributed by atoms with Crippen LogP contribution in [0, 0.1) is 13.8 Å². The minimum Gasteiger partial charge on any atom is -0.325 e. The Balaban J connectivity index is 1.43. The molecule has 1 heterocycles. The summed E-state index contributed by atoms with van der Waals surface area (Å²) in [5, 5.41) is 5.83. The number of carbonyl (C=O) groups excluding carboxylic acids is 2. The highest BCUT2D eigenvalue weighted by Gasteiger charge is 2.13. The number of carbonyl (C=O) groups is 2. The molecule has 3 rings (SSSR count). The average molecular weight is 409 g/mol. The molecule has 0 aliphatic carbocycles. The topological polar surface area (TPSA) is 64.7 Å². The van der Waals surface area contributed by atoms with Gasteiger partial charge >= 0.3 is 0 Å². The van der Waals surface area contributed by atoms with E-state index in [0.29, 0.717) is 0 Å². The average Bonchev–Trinajstić information content (AvgIpc) is 3.20. The Morgan fingerprint density at radius 2 is 1.57 bits per heavy atom. The smallest absolute Gasteiger partial charge is 0.238 e. The second-order valence-corrected chi connectivity index (χ2v) is 8.20. The van der Waals surface area contributed by atoms with E-state index in [9.17, 15) is 9.59 Å². The van der Waals surface area contributed by atoms with Crippen LogP contribution >= 0.6 is 0 Å². The second-order valence-electron chi connectivity index (χ2n) is 8.20. The molecule has 0 spiro atoms. The minimum absolute atomic E-state index is 0.134. The third-order valence-electron chi connectivity index (χ3n) is 5.55. The van der Waals surface area contributed by atoms with Gasteiger partial charge in [0.2, 0.25) is 11.8 Å². The van der Waals surface area contributed by atoms with E-state index in [1.54, 1.807) is 11.9 Å². The zero-order valence-corrected chi connectivity index (χ0v) is 18.2. The van der Waals surface area contributed by atoms with Gasteiger partial charge in [0.15, 0.2) is 0 Å². The summed E-state index contributed by atoms with van der Waals surface area (Å²) in [7, 11) is 1.77. The van der Waals surface area contributed by atoms with E-state index in [-0.39, 0.29) is 24.9 Å². The molecule has 1 aliphatic heterocycles. The lowest BCUT2D eigenvalue weighted by atomic mass is 10.1. The quantitative estimate of drug-likeness (QED) is 0.703. The molecule has 0 bridgehead atoms. The third kappa shape index (κ3) is 6.40. The Hall–Kier alpha value is -2.70. The van der Waals surface area contributed by atoms with Gasteiger partial charge in [0, 0.05) is 17.9 Å². The summed E-state index contributed by atoms with van der Waals surface area (Å²) in [6.45, 7) is 7.60. The number of hydrogen-bond donors (Lipinski definition) is 2. The summed E-state index contributed by atoms with van der Waals surface area (Å²) in [6, 6.07) is 13.8. The fourth-order valence-electron chi connectivity index (χ4n) is 3.72. The molecular formula is C24H32N4O2. The van der Waals surface area contributed by atoms with Crippen molar-refractivity contribution in [2.75, 3.05) is 43.9 Å². The predicted molar refractivity (Wildman–Crippen MR) is 122 cm³/mol. The molecule has 1 aliphatic rings. The van der Waals surface area contributed by atoms with Crippen molar-refractivity contribution in [2.45, 2.75) is 33.2 Å². The van der Waals surface area contributed by atoms with Gasteiger partial charge in [0.05, 0.1) is 13.1 Å².